The molecule has 2 unspecified atom stereocenters. The van der Waals surface area contributed by atoms with Gasteiger partial charge in [0.05, 0.1) is 12.4 Å². The Balaban J connectivity index is 1.90. The summed E-state index contributed by atoms with van der Waals surface area (Å²) in [6.07, 6.45) is 4.03. The quantitative estimate of drug-likeness (QED) is 0.752. The summed E-state index contributed by atoms with van der Waals surface area (Å²) in [6, 6.07) is 0. The van der Waals surface area contributed by atoms with Crippen molar-refractivity contribution < 1.29 is 4.79 Å². The maximum absolute atomic E-state index is 11.6. The van der Waals surface area contributed by atoms with Gasteiger partial charge in [0.25, 0.3) is 5.91 Å². The summed E-state index contributed by atoms with van der Waals surface area (Å²) >= 11 is 0. The van der Waals surface area contributed by atoms with E-state index >= 15 is 0 Å². The van der Waals surface area contributed by atoms with Crippen LogP contribution in [0.5, 0.6) is 0 Å². The van der Waals surface area contributed by atoms with Crippen molar-refractivity contribution in [1.29, 1.82) is 0 Å². The monoisotopic (exact) mass is 206 g/mol. The van der Waals surface area contributed by atoms with Crippen molar-refractivity contribution in [3.63, 3.8) is 0 Å². The number of aromatic nitrogens is 2. The molecule has 5 heteroatoms. The SMILES string of the molecule is CC1CC1CNC(=O)c1cncc(N)n1. The van der Waals surface area contributed by atoms with E-state index in [0.29, 0.717) is 5.92 Å². The Morgan fingerprint density at radius 3 is 3.00 bits per heavy atom. The highest BCUT2D eigenvalue weighted by molar-refractivity contribution is 5.92. The zero-order chi connectivity index (χ0) is 10.8. The summed E-state index contributed by atoms with van der Waals surface area (Å²) in [4.78, 5) is 19.3. The number of hydrogen-bond donors (Lipinski definition) is 2. The van der Waals surface area contributed by atoms with Crippen LogP contribution < -0.4 is 11.1 Å². The van der Waals surface area contributed by atoms with Gasteiger partial charge in [0.2, 0.25) is 0 Å². The molecule has 3 N–H and O–H groups in total. The van der Waals surface area contributed by atoms with Crippen molar-refractivity contribution in [3.05, 3.63) is 18.1 Å². The summed E-state index contributed by atoms with van der Waals surface area (Å²) in [5.74, 6) is 1.43. The lowest BCUT2D eigenvalue weighted by molar-refractivity contribution is 0.0946. The zero-order valence-electron chi connectivity index (χ0n) is 8.60. The Morgan fingerprint density at radius 1 is 1.67 bits per heavy atom. The molecule has 5 nitrogen and oxygen atoms in total. The Bertz CT molecular complexity index is 379. The molecule has 0 aromatic carbocycles. The Hall–Kier alpha value is -1.65. The molecule has 80 valence electrons. The minimum absolute atomic E-state index is 0.200. The Labute approximate surface area is 88.1 Å². The van der Waals surface area contributed by atoms with Crippen LogP contribution in [0.2, 0.25) is 0 Å². The molecule has 15 heavy (non-hydrogen) atoms. The molecule has 0 aliphatic heterocycles. The molecule has 0 saturated heterocycles. The van der Waals surface area contributed by atoms with Crippen LogP contribution in [0.1, 0.15) is 23.8 Å². The summed E-state index contributed by atoms with van der Waals surface area (Å²) in [5.41, 5.74) is 5.71. The maximum atomic E-state index is 11.6. The van der Waals surface area contributed by atoms with Crippen molar-refractivity contribution in [2.24, 2.45) is 11.8 Å². The van der Waals surface area contributed by atoms with Crippen LogP contribution in [0, 0.1) is 11.8 Å². The van der Waals surface area contributed by atoms with E-state index in [1.165, 1.54) is 18.8 Å². The molecule has 0 bridgehead atoms. The van der Waals surface area contributed by atoms with E-state index in [0.717, 1.165) is 12.5 Å². The number of nitrogens with two attached hydrogens (primary N) is 1. The standard InChI is InChI=1S/C10H14N4O/c1-6-2-7(6)3-13-10(15)8-4-12-5-9(11)14-8/h4-7H,2-3H2,1H3,(H2,11,14)(H,13,15). The first-order chi connectivity index (χ1) is 7.16. The smallest absolute Gasteiger partial charge is 0.271 e. The molecule has 1 fully saturated rings. The van der Waals surface area contributed by atoms with Crippen molar-refractivity contribution in [1.82, 2.24) is 15.3 Å². The van der Waals surface area contributed by atoms with Crippen LogP contribution in [0.25, 0.3) is 0 Å². The first kappa shape index (κ1) is 9.89. The fourth-order valence-electron chi connectivity index (χ4n) is 1.49. The largest absolute Gasteiger partial charge is 0.382 e. The molecule has 0 radical (unpaired) electrons. The molecule has 1 aromatic heterocycles. The lowest BCUT2D eigenvalue weighted by Gasteiger charge is -2.03. The number of amides is 1. The van der Waals surface area contributed by atoms with Gasteiger partial charge < -0.3 is 11.1 Å². The minimum atomic E-state index is -0.200. The highest BCUT2D eigenvalue weighted by Crippen LogP contribution is 2.36. The van der Waals surface area contributed by atoms with E-state index in [1.54, 1.807) is 0 Å². The average molecular weight is 206 g/mol. The van der Waals surface area contributed by atoms with Gasteiger partial charge in [-0.2, -0.15) is 0 Å². The molecule has 2 rings (SSSR count). The second-order valence-electron chi connectivity index (χ2n) is 4.01. The number of hydrogen-bond acceptors (Lipinski definition) is 4. The van der Waals surface area contributed by atoms with Gasteiger partial charge in [-0.25, -0.2) is 4.98 Å². The van der Waals surface area contributed by atoms with Crippen molar-refractivity contribution >= 4 is 11.7 Å². The van der Waals surface area contributed by atoms with Crippen LogP contribution >= 0.6 is 0 Å². The number of anilines is 1. The molecule has 1 aromatic rings. The number of carbonyl (C=O) groups is 1. The van der Waals surface area contributed by atoms with Crippen molar-refractivity contribution in [3.8, 4) is 0 Å². The Morgan fingerprint density at radius 2 is 2.40 bits per heavy atom. The molecule has 1 saturated carbocycles. The third kappa shape index (κ3) is 2.43. The Kier molecular flexibility index (Phi) is 2.53. The van der Waals surface area contributed by atoms with Crippen LogP contribution in [0.3, 0.4) is 0 Å². The van der Waals surface area contributed by atoms with E-state index in [-0.39, 0.29) is 17.4 Å². The second-order valence-corrected chi connectivity index (χ2v) is 4.01. The van der Waals surface area contributed by atoms with Crippen LogP contribution in [-0.4, -0.2) is 22.4 Å². The molecular formula is C10H14N4O. The van der Waals surface area contributed by atoms with Crippen LogP contribution in [0.15, 0.2) is 12.4 Å². The van der Waals surface area contributed by atoms with Gasteiger partial charge in [-0.15, -0.1) is 0 Å². The summed E-state index contributed by atoms with van der Waals surface area (Å²) in [5, 5.41) is 2.82. The first-order valence-corrected chi connectivity index (χ1v) is 5.02. The van der Waals surface area contributed by atoms with Gasteiger partial charge in [0.1, 0.15) is 11.5 Å². The van der Waals surface area contributed by atoms with Gasteiger partial charge in [-0.3, -0.25) is 9.78 Å². The highest BCUT2D eigenvalue weighted by Gasteiger charge is 2.32. The predicted molar refractivity (Wildman–Crippen MR) is 56.0 cm³/mol. The van der Waals surface area contributed by atoms with E-state index < -0.39 is 0 Å². The van der Waals surface area contributed by atoms with E-state index in [4.69, 9.17) is 5.73 Å². The number of nitrogen functional groups attached to an aromatic ring is 1. The van der Waals surface area contributed by atoms with E-state index in [2.05, 4.69) is 22.2 Å². The molecule has 1 amide bonds. The lowest BCUT2D eigenvalue weighted by atomic mass is 10.3. The van der Waals surface area contributed by atoms with Gasteiger partial charge in [-0.1, -0.05) is 6.92 Å². The molecule has 0 spiro atoms. The fourth-order valence-corrected chi connectivity index (χ4v) is 1.49. The normalized spacial score (nSPS) is 23.5. The van der Waals surface area contributed by atoms with E-state index in [9.17, 15) is 4.79 Å². The summed E-state index contributed by atoms with van der Waals surface area (Å²) in [6.45, 7) is 2.90. The fraction of sp³-hybridized carbons (Fsp3) is 0.500. The number of carbonyl (C=O) groups excluding carboxylic acids is 1. The first-order valence-electron chi connectivity index (χ1n) is 5.02. The van der Waals surface area contributed by atoms with Crippen LogP contribution in [0.4, 0.5) is 5.82 Å². The molecule has 2 atom stereocenters. The predicted octanol–water partition coefficient (Wildman–Crippen LogP) is 0.445. The van der Waals surface area contributed by atoms with Crippen LogP contribution in [-0.2, 0) is 0 Å². The molecular weight excluding hydrogens is 192 g/mol. The topological polar surface area (TPSA) is 80.9 Å². The second kappa shape index (κ2) is 3.84. The molecule has 1 aliphatic rings. The van der Waals surface area contributed by atoms with Gasteiger partial charge >= 0.3 is 0 Å². The number of nitrogens with one attached hydrogen (secondary N) is 1. The highest BCUT2D eigenvalue weighted by atomic mass is 16.1. The van der Waals surface area contributed by atoms with E-state index in [1.807, 2.05) is 0 Å². The lowest BCUT2D eigenvalue weighted by Crippen LogP contribution is -2.27. The van der Waals surface area contributed by atoms with Crippen molar-refractivity contribution in [2.75, 3.05) is 12.3 Å². The van der Waals surface area contributed by atoms with Gasteiger partial charge in [0.15, 0.2) is 0 Å². The van der Waals surface area contributed by atoms with Gasteiger partial charge in [0, 0.05) is 6.54 Å². The maximum Gasteiger partial charge on any atom is 0.271 e. The number of rotatable bonds is 3. The third-order valence-electron chi connectivity index (χ3n) is 2.69. The summed E-state index contributed by atoms with van der Waals surface area (Å²) in [7, 11) is 0. The minimum Gasteiger partial charge on any atom is -0.382 e. The number of nitrogens with zero attached hydrogens (tertiary/aromatic N) is 2. The summed E-state index contributed by atoms with van der Waals surface area (Å²) < 4.78 is 0. The van der Waals surface area contributed by atoms with Gasteiger partial charge in [-0.05, 0) is 18.3 Å². The molecule has 1 aliphatic carbocycles. The zero-order valence-corrected chi connectivity index (χ0v) is 8.60. The third-order valence-corrected chi connectivity index (χ3v) is 2.69. The molecule has 1 heterocycles. The average Bonchev–Trinajstić information content (AvgIpc) is 2.91. The van der Waals surface area contributed by atoms with Crippen molar-refractivity contribution in [2.45, 2.75) is 13.3 Å².